The van der Waals surface area contributed by atoms with Crippen LogP contribution < -0.4 is 5.32 Å². The van der Waals surface area contributed by atoms with Gasteiger partial charge in [-0.3, -0.25) is 4.79 Å². The van der Waals surface area contributed by atoms with Gasteiger partial charge in [0, 0.05) is 10.6 Å². The number of anilines is 1. The highest BCUT2D eigenvalue weighted by Gasteiger charge is 2.22. The number of hydrogen-bond acceptors (Lipinski definition) is 3. The molecule has 3 nitrogen and oxygen atoms in total. The molecule has 0 bridgehead atoms. The number of aryl methyl sites for hydroxylation is 2. The van der Waals surface area contributed by atoms with Gasteiger partial charge >= 0.3 is 0 Å². The molecule has 0 aliphatic heterocycles. The number of pyridine rings is 1. The summed E-state index contributed by atoms with van der Waals surface area (Å²) in [6.07, 6.45) is 4.72. The summed E-state index contributed by atoms with van der Waals surface area (Å²) < 4.78 is 0. The lowest BCUT2D eigenvalue weighted by Gasteiger charge is -2.19. The summed E-state index contributed by atoms with van der Waals surface area (Å²) in [6.45, 7) is 4.17. The molecule has 2 aromatic rings. The Morgan fingerprint density at radius 3 is 3.10 bits per heavy atom. The van der Waals surface area contributed by atoms with Crippen LogP contribution in [-0.2, 0) is 12.8 Å². The fourth-order valence-corrected chi connectivity index (χ4v) is 3.95. The van der Waals surface area contributed by atoms with Crippen LogP contribution in [-0.4, -0.2) is 10.9 Å². The number of aromatic nitrogens is 1. The maximum atomic E-state index is 12.4. The third kappa shape index (κ3) is 3.16. The number of fused-ring (bicyclic) bond motifs is 1. The van der Waals surface area contributed by atoms with Crippen LogP contribution in [0.25, 0.3) is 0 Å². The molecule has 1 N–H and O–H groups in total. The first kappa shape index (κ1) is 14.3. The highest BCUT2D eigenvalue weighted by Crippen LogP contribution is 2.33. The fraction of sp³-hybridized carbons (Fsp3) is 0.412. The van der Waals surface area contributed by atoms with E-state index in [1.54, 1.807) is 11.3 Å². The van der Waals surface area contributed by atoms with Crippen molar-refractivity contribution in [1.29, 1.82) is 0 Å². The Bertz CT molecular complexity index is 663. The molecule has 2 aromatic heterocycles. The average molecular weight is 300 g/mol. The summed E-state index contributed by atoms with van der Waals surface area (Å²) in [4.78, 5) is 18.9. The van der Waals surface area contributed by atoms with Crippen molar-refractivity contribution >= 4 is 23.1 Å². The van der Waals surface area contributed by atoms with Crippen molar-refractivity contribution < 1.29 is 4.79 Å². The molecule has 0 aromatic carbocycles. The monoisotopic (exact) mass is 300 g/mol. The van der Waals surface area contributed by atoms with Gasteiger partial charge in [-0.25, -0.2) is 4.98 Å². The standard InChI is InChI=1S/C17H20N2OS/c1-3-12-7-8-14-13(9-12)10-15(21-14)17(20)19-16-6-4-5-11(2)18-16/h4-6,10,12H,3,7-9H2,1-2H3,(H,18,19,20). The van der Waals surface area contributed by atoms with E-state index in [1.807, 2.05) is 25.1 Å². The second-order valence-electron chi connectivity index (χ2n) is 5.69. The molecule has 1 aliphatic rings. The highest BCUT2D eigenvalue weighted by atomic mass is 32.1. The van der Waals surface area contributed by atoms with Crippen LogP contribution in [0.1, 0.15) is 45.6 Å². The zero-order valence-corrected chi connectivity index (χ0v) is 13.3. The number of nitrogens with zero attached hydrogens (tertiary/aromatic N) is 1. The van der Waals surface area contributed by atoms with Crippen molar-refractivity contribution in [3.05, 3.63) is 45.3 Å². The molecule has 4 heteroatoms. The van der Waals surface area contributed by atoms with Crippen LogP contribution in [0, 0.1) is 12.8 Å². The maximum absolute atomic E-state index is 12.4. The van der Waals surface area contributed by atoms with Gasteiger partial charge in [0.25, 0.3) is 5.91 Å². The number of hydrogen-bond donors (Lipinski definition) is 1. The second-order valence-corrected chi connectivity index (χ2v) is 6.83. The van der Waals surface area contributed by atoms with Crippen LogP contribution in [0.15, 0.2) is 24.3 Å². The molecule has 21 heavy (non-hydrogen) atoms. The molecule has 0 fully saturated rings. The Labute approximate surface area is 129 Å². The molecule has 1 aliphatic carbocycles. The molecule has 0 spiro atoms. The molecule has 110 valence electrons. The second kappa shape index (κ2) is 5.98. The summed E-state index contributed by atoms with van der Waals surface area (Å²) >= 11 is 1.64. The van der Waals surface area contributed by atoms with E-state index >= 15 is 0 Å². The molecule has 0 saturated carbocycles. The van der Waals surface area contributed by atoms with E-state index in [2.05, 4.69) is 23.3 Å². The first-order valence-electron chi connectivity index (χ1n) is 7.52. The highest BCUT2D eigenvalue weighted by molar-refractivity contribution is 7.14. The molecule has 0 radical (unpaired) electrons. The van der Waals surface area contributed by atoms with Crippen molar-refractivity contribution in [2.24, 2.45) is 5.92 Å². The van der Waals surface area contributed by atoms with Gasteiger partial charge in [0.1, 0.15) is 5.82 Å². The molecule has 1 unspecified atom stereocenters. The lowest BCUT2D eigenvalue weighted by Crippen LogP contribution is -2.12. The maximum Gasteiger partial charge on any atom is 0.266 e. The van der Waals surface area contributed by atoms with Crippen LogP contribution >= 0.6 is 11.3 Å². The van der Waals surface area contributed by atoms with Crippen molar-refractivity contribution in [1.82, 2.24) is 4.98 Å². The smallest absolute Gasteiger partial charge is 0.266 e. The third-order valence-electron chi connectivity index (χ3n) is 4.12. The first-order valence-corrected chi connectivity index (χ1v) is 8.34. The number of carbonyl (C=O) groups is 1. The predicted molar refractivity (Wildman–Crippen MR) is 87.1 cm³/mol. The lowest BCUT2D eigenvalue weighted by atomic mass is 9.87. The van der Waals surface area contributed by atoms with Gasteiger partial charge in [0.05, 0.1) is 4.88 Å². The topological polar surface area (TPSA) is 42.0 Å². The molecular weight excluding hydrogens is 280 g/mol. The average Bonchev–Trinajstić information content (AvgIpc) is 2.90. The van der Waals surface area contributed by atoms with Gasteiger partial charge in [-0.1, -0.05) is 19.4 Å². The summed E-state index contributed by atoms with van der Waals surface area (Å²) in [7, 11) is 0. The summed E-state index contributed by atoms with van der Waals surface area (Å²) in [5.41, 5.74) is 2.28. The minimum absolute atomic E-state index is 0.0412. The van der Waals surface area contributed by atoms with E-state index in [-0.39, 0.29) is 5.91 Å². The number of thiophene rings is 1. The van der Waals surface area contributed by atoms with E-state index < -0.39 is 0 Å². The molecule has 3 rings (SSSR count). The van der Waals surface area contributed by atoms with Crippen molar-refractivity contribution in [3.8, 4) is 0 Å². The van der Waals surface area contributed by atoms with E-state index in [9.17, 15) is 4.79 Å². The largest absolute Gasteiger partial charge is 0.306 e. The van der Waals surface area contributed by atoms with Gasteiger partial charge in [0.2, 0.25) is 0 Å². The van der Waals surface area contributed by atoms with E-state index in [0.29, 0.717) is 5.82 Å². The van der Waals surface area contributed by atoms with Crippen molar-refractivity contribution in [2.45, 2.75) is 39.5 Å². The summed E-state index contributed by atoms with van der Waals surface area (Å²) in [6, 6.07) is 7.73. The number of amides is 1. The van der Waals surface area contributed by atoms with Crippen molar-refractivity contribution in [3.63, 3.8) is 0 Å². The van der Waals surface area contributed by atoms with Gasteiger partial charge in [-0.05, 0) is 55.9 Å². The van der Waals surface area contributed by atoms with Gasteiger partial charge in [-0.15, -0.1) is 11.3 Å². The van der Waals surface area contributed by atoms with E-state index in [0.717, 1.165) is 29.3 Å². The normalized spacial score (nSPS) is 17.3. The Kier molecular flexibility index (Phi) is 4.06. The Balaban J connectivity index is 1.75. The van der Waals surface area contributed by atoms with Crippen LogP contribution in [0.5, 0.6) is 0 Å². The zero-order valence-electron chi connectivity index (χ0n) is 12.5. The fourth-order valence-electron chi connectivity index (χ4n) is 2.85. The number of rotatable bonds is 3. The Morgan fingerprint density at radius 1 is 1.48 bits per heavy atom. The molecule has 2 heterocycles. The molecule has 1 amide bonds. The Morgan fingerprint density at radius 2 is 2.33 bits per heavy atom. The minimum Gasteiger partial charge on any atom is -0.306 e. The van der Waals surface area contributed by atoms with Crippen LogP contribution in [0.3, 0.4) is 0 Å². The van der Waals surface area contributed by atoms with E-state index in [4.69, 9.17) is 0 Å². The van der Waals surface area contributed by atoms with E-state index in [1.165, 1.54) is 23.3 Å². The third-order valence-corrected chi connectivity index (χ3v) is 5.35. The van der Waals surface area contributed by atoms with Crippen LogP contribution in [0.2, 0.25) is 0 Å². The predicted octanol–water partition coefficient (Wildman–Crippen LogP) is 4.22. The van der Waals surface area contributed by atoms with Gasteiger partial charge in [0.15, 0.2) is 0 Å². The van der Waals surface area contributed by atoms with Crippen LogP contribution in [0.4, 0.5) is 5.82 Å². The number of nitrogens with one attached hydrogen (secondary N) is 1. The lowest BCUT2D eigenvalue weighted by molar-refractivity contribution is 0.103. The minimum atomic E-state index is -0.0412. The van der Waals surface area contributed by atoms with Gasteiger partial charge < -0.3 is 5.32 Å². The molecule has 0 saturated heterocycles. The quantitative estimate of drug-likeness (QED) is 0.922. The Hall–Kier alpha value is -1.68. The SMILES string of the molecule is CCC1CCc2sc(C(=O)Nc3cccc(C)n3)cc2C1. The molecular formula is C17H20N2OS. The summed E-state index contributed by atoms with van der Waals surface area (Å²) in [5, 5.41) is 2.89. The van der Waals surface area contributed by atoms with Gasteiger partial charge in [-0.2, -0.15) is 0 Å². The zero-order chi connectivity index (χ0) is 14.8. The van der Waals surface area contributed by atoms with Crippen molar-refractivity contribution in [2.75, 3.05) is 5.32 Å². The summed E-state index contributed by atoms with van der Waals surface area (Å²) in [5.74, 6) is 1.36. The first-order chi connectivity index (χ1) is 10.2. The molecule has 1 atom stereocenters. The number of carbonyl (C=O) groups excluding carboxylic acids is 1.